The molecule has 0 fully saturated rings. The number of fused-ring (bicyclic) bond motifs is 3. The van der Waals surface area contributed by atoms with Crippen molar-refractivity contribution in [3.8, 4) is 11.5 Å². The molecule has 1 aliphatic rings. The van der Waals surface area contributed by atoms with Crippen molar-refractivity contribution in [2.24, 2.45) is 0 Å². The Labute approximate surface area is 145 Å². The number of nitrogens with two attached hydrogens (primary N) is 2. The van der Waals surface area contributed by atoms with E-state index >= 15 is 0 Å². The minimum absolute atomic E-state index is 0.140. The zero-order valence-electron chi connectivity index (χ0n) is 14.1. The van der Waals surface area contributed by atoms with E-state index in [0.29, 0.717) is 11.5 Å². The Hall–Kier alpha value is -3.09. The Morgan fingerprint density at radius 1 is 1.08 bits per heavy atom. The fourth-order valence-corrected chi connectivity index (χ4v) is 3.67. The normalized spacial score (nSPS) is 16.0. The van der Waals surface area contributed by atoms with E-state index in [9.17, 15) is 0 Å². The smallest absolute Gasteiger partial charge is 0.224 e. The first kappa shape index (κ1) is 15.4. The average Bonchev–Trinajstić information content (AvgIpc) is 3.04. The number of rotatable bonds is 3. The zero-order chi connectivity index (χ0) is 17.6. The molecule has 7 nitrogen and oxygen atoms in total. The third-order valence-corrected chi connectivity index (χ3v) is 4.78. The van der Waals surface area contributed by atoms with Crippen molar-refractivity contribution in [3.05, 3.63) is 41.1 Å². The minimum atomic E-state index is 0.140. The van der Waals surface area contributed by atoms with Crippen LogP contribution in [0.5, 0.6) is 11.5 Å². The van der Waals surface area contributed by atoms with Gasteiger partial charge in [-0.05, 0) is 42.2 Å². The van der Waals surface area contributed by atoms with Gasteiger partial charge in [0.1, 0.15) is 17.3 Å². The monoisotopic (exact) mass is 337 g/mol. The molecular weight excluding hydrogens is 318 g/mol. The van der Waals surface area contributed by atoms with E-state index < -0.39 is 0 Å². The summed E-state index contributed by atoms with van der Waals surface area (Å²) in [6.45, 7) is 0. The fraction of sp³-hybridized carbons (Fsp3) is 0.278. The summed E-state index contributed by atoms with van der Waals surface area (Å²) in [5.74, 6) is 2.31. The van der Waals surface area contributed by atoms with Crippen molar-refractivity contribution in [1.82, 2.24) is 15.0 Å². The molecule has 0 bridgehead atoms. The minimum Gasteiger partial charge on any atom is -0.497 e. The molecule has 4 rings (SSSR count). The summed E-state index contributed by atoms with van der Waals surface area (Å²) in [4.78, 5) is 12.8. The van der Waals surface area contributed by atoms with Gasteiger partial charge in [-0.1, -0.05) is 0 Å². The molecule has 1 aliphatic carbocycles. The number of nitrogens with zero attached hydrogens (tertiary/aromatic N) is 3. The van der Waals surface area contributed by atoms with E-state index in [0.717, 1.165) is 46.4 Å². The van der Waals surface area contributed by atoms with Crippen LogP contribution in [0.4, 0.5) is 11.8 Å². The molecule has 0 aliphatic heterocycles. The van der Waals surface area contributed by atoms with Crippen molar-refractivity contribution in [2.45, 2.75) is 18.8 Å². The van der Waals surface area contributed by atoms with Crippen LogP contribution in [0, 0.1) is 0 Å². The number of hydrogen-bond acceptors (Lipinski definition) is 7. The molecule has 3 aromatic rings. The quantitative estimate of drug-likeness (QED) is 0.754. The Morgan fingerprint density at radius 3 is 2.68 bits per heavy atom. The summed E-state index contributed by atoms with van der Waals surface area (Å²) in [6, 6.07) is 5.84. The highest BCUT2D eigenvalue weighted by Crippen LogP contribution is 2.45. The Bertz CT molecular complexity index is 973. The molecule has 0 spiro atoms. The largest absolute Gasteiger partial charge is 0.497 e. The average molecular weight is 337 g/mol. The first-order valence-electron chi connectivity index (χ1n) is 8.04. The van der Waals surface area contributed by atoms with Crippen molar-refractivity contribution in [2.75, 3.05) is 25.7 Å². The van der Waals surface area contributed by atoms with Crippen molar-refractivity contribution in [1.29, 1.82) is 0 Å². The first-order chi connectivity index (χ1) is 12.1. The first-order valence-corrected chi connectivity index (χ1v) is 8.04. The molecular formula is C18H19N5O2. The molecule has 25 heavy (non-hydrogen) atoms. The summed E-state index contributed by atoms with van der Waals surface area (Å²) < 4.78 is 10.9. The summed E-state index contributed by atoms with van der Waals surface area (Å²) in [7, 11) is 3.33. The van der Waals surface area contributed by atoms with E-state index in [1.54, 1.807) is 14.2 Å². The molecule has 2 heterocycles. The molecule has 2 aromatic heterocycles. The molecule has 0 saturated carbocycles. The molecule has 128 valence electrons. The Balaban J connectivity index is 1.90. The van der Waals surface area contributed by atoms with Gasteiger partial charge in [0.15, 0.2) is 5.65 Å². The summed E-state index contributed by atoms with van der Waals surface area (Å²) in [5, 5.41) is 0.802. The lowest BCUT2D eigenvalue weighted by molar-refractivity contribution is 0.396. The molecule has 7 heteroatoms. The Kier molecular flexibility index (Phi) is 3.56. The molecule has 1 atom stereocenters. The van der Waals surface area contributed by atoms with E-state index in [-0.39, 0.29) is 11.9 Å². The van der Waals surface area contributed by atoms with Gasteiger partial charge in [-0.25, -0.2) is 4.98 Å². The number of ether oxygens (including phenoxy) is 2. The molecule has 1 aromatic carbocycles. The summed E-state index contributed by atoms with van der Waals surface area (Å²) >= 11 is 0. The van der Waals surface area contributed by atoms with Crippen LogP contribution >= 0.6 is 0 Å². The third kappa shape index (κ3) is 2.39. The fourth-order valence-electron chi connectivity index (χ4n) is 3.67. The SMILES string of the molecule is COc1ccc(OC)c(C2CCc3c2cnc2nc(N)nc(N)c32)c1. The van der Waals surface area contributed by atoms with Crippen molar-refractivity contribution in [3.63, 3.8) is 0 Å². The standard InChI is InChI=1S/C18H19N5O2/c1-24-9-3-6-14(25-2)12(7-9)10-4-5-11-13(10)8-21-17-15(11)16(19)22-18(20)23-17/h3,6-8,10H,4-5H2,1-2H3,(H4,19,20,21,22,23). The van der Waals surface area contributed by atoms with Crippen LogP contribution in [0.3, 0.4) is 0 Å². The number of methoxy groups -OCH3 is 2. The van der Waals surface area contributed by atoms with Crippen LogP contribution in [0.15, 0.2) is 24.4 Å². The lowest BCUT2D eigenvalue weighted by Gasteiger charge is -2.17. The number of hydrogen-bond donors (Lipinski definition) is 2. The predicted molar refractivity (Wildman–Crippen MR) is 95.9 cm³/mol. The maximum Gasteiger partial charge on any atom is 0.224 e. The maximum atomic E-state index is 6.10. The van der Waals surface area contributed by atoms with Gasteiger partial charge in [0.05, 0.1) is 19.6 Å². The lowest BCUT2D eigenvalue weighted by Crippen LogP contribution is -2.05. The zero-order valence-corrected chi connectivity index (χ0v) is 14.1. The number of aromatic nitrogens is 3. The molecule has 1 unspecified atom stereocenters. The highest BCUT2D eigenvalue weighted by molar-refractivity contribution is 5.91. The van der Waals surface area contributed by atoms with Gasteiger partial charge in [0.2, 0.25) is 5.95 Å². The van der Waals surface area contributed by atoms with Crippen molar-refractivity contribution < 1.29 is 9.47 Å². The molecule has 0 saturated heterocycles. The van der Waals surface area contributed by atoms with Gasteiger partial charge in [0, 0.05) is 17.7 Å². The molecule has 0 radical (unpaired) electrons. The van der Waals surface area contributed by atoms with Crippen LogP contribution in [0.2, 0.25) is 0 Å². The van der Waals surface area contributed by atoms with Gasteiger partial charge < -0.3 is 20.9 Å². The van der Waals surface area contributed by atoms with Gasteiger partial charge in [-0.3, -0.25) is 0 Å². The van der Waals surface area contributed by atoms with Crippen LogP contribution in [-0.4, -0.2) is 29.2 Å². The lowest BCUT2D eigenvalue weighted by atomic mass is 9.92. The number of nitrogen functional groups attached to an aromatic ring is 2. The van der Waals surface area contributed by atoms with E-state index in [2.05, 4.69) is 15.0 Å². The highest BCUT2D eigenvalue weighted by atomic mass is 16.5. The summed E-state index contributed by atoms with van der Waals surface area (Å²) in [6.07, 6.45) is 3.67. The van der Waals surface area contributed by atoms with E-state index in [1.165, 1.54) is 0 Å². The number of aryl methyl sites for hydroxylation is 1. The van der Waals surface area contributed by atoms with Crippen LogP contribution in [-0.2, 0) is 6.42 Å². The van der Waals surface area contributed by atoms with Gasteiger partial charge in [-0.15, -0.1) is 0 Å². The number of pyridine rings is 1. The topological polar surface area (TPSA) is 109 Å². The third-order valence-electron chi connectivity index (χ3n) is 4.78. The number of anilines is 2. The van der Waals surface area contributed by atoms with Crippen LogP contribution in [0.1, 0.15) is 29.0 Å². The predicted octanol–water partition coefficient (Wildman–Crippen LogP) is 2.28. The second kappa shape index (κ2) is 5.77. The molecule has 0 amide bonds. The summed E-state index contributed by atoms with van der Waals surface area (Å²) in [5.41, 5.74) is 15.7. The highest BCUT2D eigenvalue weighted by Gasteiger charge is 2.30. The van der Waals surface area contributed by atoms with E-state index in [4.69, 9.17) is 20.9 Å². The van der Waals surface area contributed by atoms with Gasteiger partial charge in [-0.2, -0.15) is 9.97 Å². The Morgan fingerprint density at radius 2 is 1.92 bits per heavy atom. The maximum absolute atomic E-state index is 6.10. The molecule has 4 N–H and O–H groups in total. The van der Waals surface area contributed by atoms with E-state index in [1.807, 2.05) is 24.4 Å². The van der Waals surface area contributed by atoms with Gasteiger partial charge >= 0.3 is 0 Å². The van der Waals surface area contributed by atoms with Crippen LogP contribution in [0.25, 0.3) is 11.0 Å². The second-order valence-corrected chi connectivity index (χ2v) is 6.06. The van der Waals surface area contributed by atoms with Gasteiger partial charge in [0.25, 0.3) is 0 Å². The van der Waals surface area contributed by atoms with Crippen LogP contribution < -0.4 is 20.9 Å². The van der Waals surface area contributed by atoms with Crippen molar-refractivity contribution >= 4 is 22.8 Å². The number of benzene rings is 1. The second-order valence-electron chi connectivity index (χ2n) is 6.06.